The minimum absolute atomic E-state index is 0.0909. The first-order valence-corrected chi connectivity index (χ1v) is 9.17. The Kier molecular flexibility index (Phi) is 6.58. The van der Waals surface area contributed by atoms with Crippen LogP contribution in [0, 0.1) is 10.1 Å². The van der Waals surface area contributed by atoms with Crippen molar-refractivity contribution in [3.63, 3.8) is 0 Å². The average Bonchev–Trinajstić information content (AvgIpc) is 2.73. The van der Waals surface area contributed by atoms with Gasteiger partial charge in [0.05, 0.1) is 4.92 Å². The van der Waals surface area contributed by atoms with E-state index in [1.54, 1.807) is 36.4 Å². The van der Waals surface area contributed by atoms with Crippen molar-refractivity contribution in [3.05, 3.63) is 75.6 Å². The fraction of sp³-hybridized carbons (Fsp3) is 0.0526. The van der Waals surface area contributed by atoms with Crippen LogP contribution >= 0.6 is 11.6 Å². The van der Waals surface area contributed by atoms with E-state index in [-0.39, 0.29) is 23.1 Å². The number of carbonyl (C=O) groups excluding carboxylic acids is 2. The molecule has 2 amide bonds. The number of benzene rings is 2. The van der Waals surface area contributed by atoms with Crippen LogP contribution < -0.4 is 21.5 Å². The van der Waals surface area contributed by atoms with Gasteiger partial charge < -0.3 is 10.6 Å². The van der Waals surface area contributed by atoms with Gasteiger partial charge in [-0.25, -0.2) is 9.97 Å². The van der Waals surface area contributed by atoms with Crippen LogP contribution in [0.15, 0.2) is 54.9 Å². The van der Waals surface area contributed by atoms with Gasteiger partial charge in [0.1, 0.15) is 6.33 Å². The Hall–Kier alpha value is -4.25. The molecule has 0 saturated carbocycles. The number of nitro groups is 1. The molecule has 0 saturated heterocycles. The van der Waals surface area contributed by atoms with Gasteiger partial charge in [-0.3, -0.25) is 30.6 Å². The Morgan fingerprint density at radius 3 is 2.35 bits per heavy atom. The predicted octanol–water partition coefficient (Wildman–Crippen LogP) is 3.50. The summed E-state index contributed by atoms with van der Waals surface area (Å²) < 4.78 is 0. The molecule has 0 atom stereocenters. The second-order valence-corrected chi connectivity index (χ2v) is 6.59. The van der Waals surface area contributed by atoms with Crippen LogP contribution in [-0.2, 0) is 4.79 Å². The maximum atomic E-state index is 12.2. The fourth-order valence-electron chi connectivity index (χ4n) is 2.53. The number of carbonyl (C=O) groups is 2. The van der Waals surface area contributed by atoms with Crippen molar-refractivity contribution in [3.8, 4) is 0 Å². The molecule has 0 radical (unpaired) electrons. The van der Waals surface area contributed by atoms with Gasteiger partial charge in [0.2, 0.25) is 17.5 Å². The molecule has 1 heterocycles. The van der Waals surface area contributed by atoms with Gasteiger partial charge in [-0.05, 0) is 42.5 Å². The Balaban J connectivity index is 1.78. The maximum Gasteiger partial charge on any atom is 0.355 e. The quantitative estimate of drug-likeness (QED) is 0.321. The summed E-state index contributed by atoms with van der Waals surface area (Å²) in [7, 11) is 0. The van der Waals surface area contributed by atoms with Crippen molar-refractivity contribution >= 4 is 52.1 Å². The third-order valence-electron chi connectivity index (χ3n) is 3.85. The van der Waals surface area contributed by atoms with E-state index in [0.29, 0.717) is 16.4 Å². The Morgan fingerprint density at radius 2 is 1.71 bits per heavy atom. The van der Waals surface area contributed by atoms with E-state index in [4.69, 9.17) is 11.6 Å². The lowest BCUT2D eigenvalue weighted by Gasteiger charge is -2.11. The number of hydrazine groups is 1. The van der Waals surface area contributed by atoms with E-state index in [9.17, 15) is 19.7 Å². The van der Waals surface area contributed by atoms with Crippen molar-refractivity contribution in [1.29, 1.82) is 0 Å². The number of hydrogen-bond acceptors (Lipinski definition) is 8. The summed E-state index contributed by atoms with van der Waals surface area (Å²) in [5.41, 5.74) is 5.64. The van der Waals surface area contributed by atoms with Crippen molar-refractivity contribution in [2.24, 2.45) is 0 Å². The Morgan fingerprint density at radius 1 is 1.03 bits per heavy atom. The molecule has 0 aliphatic rings. The molecule has 3 aromatic rings. The van der Waals surface area contributed by atoms with Crippen molar-refractivity contribution in [1.82, 2.24) is 15.4 Å². The van der Waals surface area contributed by atoms with E-state index >= 15 is 0 Å². The van der Waals surface area contributed by atoms with Crippen molar-refractivity contribution in [2.75, 3.05) is 16.1 Å². The number of rotatable bonds is 7. The first kappa shape index (κ1) is 21.5. The Labute approximate surface area is 181 Å². The fourth-order valence-corrected chi connectivity index (χ4v) is 2.72. The van der Waals surface area contributed by atoms with E-state index in [1.807, 2.05) is 0 Å². The van der Waals surface area contributed by atoms with Crippen LogP contribution in [0.1, 0.15) is 17.3 Å². The third-order valence-corrected chi connectivity index (χ3v) is 4.09. The van der Waals surface area contributed by atoms with Crippen LogP contribution in [0.25, 0.3) is 0 Å². The lowest BCUT2D eigenvalue weighted by Crippen LogP contribution is -2.30. The predicted molar refractivity (Wildman–Crippen MR) is 115 cm³/mol. The lowest BCUT2D eigenvalue weighted by atomic mass is 10.2. The number of nitrogens with one attached hydrogen (secondary N) is 4. The Bertz CT molecular complexity index is 1140. The van der Waals surface area contributed by atoms with Crippen LogP contribution in [-0.4, -0.2) is 26.7 Å². The molecule has 11 nitrogen and oxygen atoms in total. The zero-order valence-corrected chi connectivity index (χ0v) is 16.8. The minimum Gasteiger partial charge on any atom is -0.334 e. The van der Waals surface area contributed by atoms with Crippen molar-refractivity contribution in [2.45, 2.75) is 6.92 Å². The van der Waals surface area contributed by atoms with E-state index < -0.39 is 16.5 Å². The van der Waals surface area contributed by atoms with Gasteiger partial charge in [-0.15, -0.1) is 0 Å². The average molecular weight is 442 g/mol. The molecule has 12 heteroatoms. The largest absolute Gasteiger partial charge is 0.355 e. The van der Waals surface area contributed by atoms with Gasteiger partial charge >= 0.3 is 5.69 Å². The molecule has 0 fully saturated rings. The summed E-state index contributed by atoms with van der Waals surface area (Å²) in [5.74, 6) is -1.08. The minimum atomic E-state index is -0.679. The summed E-state index contributed by atoms with van der Waals surface area (Å²) >= 11 is 5.87. The van der Waals surface area contributed by atoms with Gasteiger partial charge in [-0.2, -0.15) is 0 Å². The summed E-state index contributed by atoms with van der Waals surface area (Å²) in [4.78, 5) is 42.1. The number of aromatic nitrogens is 2. The number of halogens is 1. The molecule has 2 aromatic carbocycles. The normalized spacial score (nSPS) is 10.1. The summed E-state index contributed by atoms with van der Waals surface area (Å²) in [5, 5.41) is 17.5. The first-order valence-electron chi connectivity index (χ1n) is 8.79. The van der Waals surface area contributed by atoms with E-state index in [1.165, 1.54) is 19.1 Å². The summed E-state index contributed by atoms with van der Waals surface area (Å²) in [6.07, 6.45) is 1.11. The number of hydrogen-bond donors (Lipinski definition) is 4. The van der Waals surface area contributed by atoms with E-state index in [2.05, 4.69) is 31.5 Å². The molecular weight excluding hydrogens is 426 g/mol. The van der Waals surface area contributed by atoms with Crippen LogP contribution in [0.2, 0.25) is 5.02 Å². The van der Waals surface area contributed by atoms with Gasteiger partial charge in [0.25, 0.3) is 5.91 Å². The highest BCUT2D eigenvalue weighted by Gasteiger charge is 2.23. The van der Waals surface area contributed by atoms with Gasteiger partial charge in [0.15, 0.2) is 0 Å². The molecule has 0 aliphatic carbocycles. The molecule has 1 aromatic heterocycles. The monoisotopic (exact) mass is 441 g/mol. The molecule has 31 heavy (non-hydrogen) atoms. The highest BCUT2D eigenvalue weighted by atomic mass is 35.5. The zero-order valence-electron chi connectivity index (χ0n) is 16.0. The van der Waals surface area contributed by atoms with Crippen LogP contribution in [0.3, 0.4) is 0 Å². The van der Waals surface area contributed by atoms with Crippen LogP contribution in [0.4, 0.5) is 28.7 Å². The zero-order chi connectivity index (χ0) is 22.4. The number of nitrogens with zero attached hydrogens (tertiary/aromatic N) is 3. The standard InChI is InChI=1S/C19H16ClN7O4/c1-11(28)23-14-5-7-15(8-6-14)24-17-16(27(30)31)18(22-10-21-17)25-26-19(29)12-3-2-4-13(20)9-12/h2-10H,1H3,(H,23,28)(H,26,29)(H2,21,22,24,25). The topological polar surface area (TPSA) is 151 Å². The molecule has 0 bridgehead atoms. The smallest absolute Gasteiger partial charge is 0.334 e. The second kappa shape index (κ2) is 9.50. The third kappa shape index (κ3) is 5.64. The first-order chi connectivity index (χ1) is 14.8. The maximum absolute atomic E-state index is 12.2. The van der Waals surface area contributed by atoms with Gasteiger partial charge in [-0.1, -0.05) is 17.7 Å². The van der Waals surface area contributed by atoms with E-state index in [0.717, 1.165) is 6.33 Å². The SMILES string of the molecule is CC(=O)Nc1ccc(Nc2ncnc(NNC(=O)c3cccc(Cl)c3)c2[N+](=O)[O-])cc1. The molecular formula is C19H16ClN7O4. The lowest BCUT2D eigenvalue weighted by molar-refractivity contribution is -0.383. The highest BCUT2D eigenvalue weighted by molar-refractivity contribution is 6.30. The number of anilines is 4. The summed E-state index contributed by atoms with van der Waals surface area (Å²) in [6, 6.07) is 12.7. The highest BCUT2D eigenvalue weighted by Crippen LogP contribution is 2.31. The molecule has 0 unspecified atom stereocenters. The molecule has 3 rings (SSSR count). The van der Waals surface area contributed by atoms with Gasteiger partial charge in [0, 0.05) is 28.9 Å². The van der Waals surface area contributed by atoms with Crippen LogP contribution in [0.5, 0.6) is 0 Å². The molecule has 4 N–H and O–H groups in total. The molecule has 0 aliphatic heterocycles. The summed E-state index contributed by atoms with van der Waals surface area (Å²) in [6.45, 7) is 1.39. The second-order valence-electron chi connectivity index (χ2n) is 6.15. The number of amides is 2. The van der Waals surface area contributed by atoms with Crippen molar-refractivity contribution < 1.29 is 14.5 Å². The molecule has 0 spiro atoms. The molecule has 158 valence electrons.